The Bertz CT molecular complexity index is 1680. The van der Waals surface area contributed by atoms with Crippen LogP contribution >= 0.6 is 22.7 Å². The number of nitro groups is 1. The van der Waals surface area contributed by atoms with Gasteiger partial charge in [0.15, 0.2) is 5.78 Å². The van der Waals surface area contributed by atoms with E-state index in [1.165, 1.54) is 23.6 Å². The molecule has 9 nitrogen and oxygen atoms in total. The van der Waals surface area contributed by atoms with Crippen LogP contribution in [0.4, 0.5) is 10.1 Å². The molecule has 1 amide bonds. The maximum absolute atomic E-state index is 13.6. The van der Waals surface area contributed by atoms with Crippen molar-refractivity contribution in [3.05, 3.63) is 117 Å². The number of aromatic nitrogens is 1. The zero-order chi connectivity index (χ0) is 26.6. The van der Waals surface area contributed by atoms with Crippen LogP contribution in [-0.2, 0) is 0 Å². The van der Waals surface area contributed by atoms with Gasteiger partial charge in [0.05, 0.1) is 33.3 Å². The Labute approximate surface area is 224 Å². The minimum absolute atomic E-state index is 0.0323. The summed E-state index contributed by atoms with van der Waals surface area (Å²) in [5, 5.41) is 16.8. The lowest BCUT2D eigenvalue weighted by molar-refractivity contribution is -0.380. The summed E-state index contributed by atoms with van der Waals surface area (Å²) in [6.45, 7) is 0. The molecule has 0 atom stereocenters. The summed E-state index contributed by atoms with van der Waals surface area (Å²) < 4.78 is 6.08. The van der Waals surface area contributed by atoms with Crippen LogP contribution < -0.4 is 9.75 Å². The number of rotatable bonds is 8. The second-order valence-electron chi connectivity index (χ2n) is 7.90. The van der Waals surface area contributed by atoms with Gasteiger partial charge in [-0.3, -0.25) is 19.7 Å². The minimum atomic E-state index is -0.482. The van der Waals surface area contributed by atoms with Crippen molar-refractivity contribution in [3.63, 3.8) is 0 Å². The molecule has 0 unspecified atom stereocenters. The fourth-order valence-corrected chi connectivity index (χ4v) is 5.20. The number of ketones is 1. The average Bonchev–Trinajstić information content (AvgIpc) is 3.60. The number of nitrogens with zero attached hydrogens (tertiary/aromatic N) is 4. The number of hydrogen-bond donors (Lipinski definition) is 0. The largest absolute Gasteiger partial charge is 0.497 e. The Morgan fingerprint density at radius 2 is 1.66 bits per heavy atom. The Morgan fingerprint density at radius 3 is 2.34 bits per heavy atom. The standard InChI is InChI=1S/C27H18N4O5S2/c1-36-20-11-13-22-23(15-20)38-27(29-22)30(28-16-21-12-14-24(37-21)31(34)35)26(33)19-9-7-18(8-10-19)25(32)17-5-3-2-4-6-17/h2-16H,1H3/b28-16+. The molecule has 38 heavy (non-hydrogen) atoms. The monoisotopic (exact) mass is 542 g/mol. The second kappa shape index (κ2) is 10.7. The van der Waals surface area contributed by atoms with Crippen LogP contribution in [0.3, 0.4) is 0 Å². The number of benzene rings is 3. The van der Waals surface area contributed by atoms with Gasteiger partial charge in [-0.2, -0.15) is 10.1 Å². The molecule has 0 bridgehead atoms. The third-order valence-corrected chi connectivity index (χ3v) is 7.45. The molecule has 0 aliphatic rings. The van der Waals surface area contributed by atoms with Gasteiger partial charge in [0.2, 0.25) is 5.13 Å². The number of amides is 1. The van der Waals surface area contributed by atoms with E-state index in [4.69, 9.17) is 4.74 Å². The molecule has 2 heterocycles. The summed E-state index contributed by atoms with van der Waals surface area (Å²) in [5.41, 5.74) is 1.95. The van der Waals surface area contributed by atoms with Crippen LogP contribution in [0.5, 0.6) is 5.75 Å². The lowest BCUT2D eigenvalue weighted by atomic mass is 10.0. The molecule has 0 aliphatic carbocycles. The highest BCUT2D eigenvalue weighted by atomic mass is 32.1. The van der Waals surface area contributed by atoms with Crippen molar-refractivity contribution in [2.75, 3.05) is 12.1 Å². The van der Waals surface area contributed by atoms with Gasteiger partial charge in [0.1, 0.15) is 5.75 Å². The zero-order valence-electron chi connectivity index (χ0n) is 19.8. The summed E-state index contributed by atoms with van der Waals surface area (Å²) in [5.74, 6) is 0.0227. The normalized spacial score (nSPS) is 11.1. The highest BCUT2D eigenvalue weighted by Gasteiger charge is 2.22. The van der Waals surface area contributed by atoms with Crippen LogP contribution in [-0.4, -0.2) is 34.9 Å². The van der Waals surface area contributed by atoms with Gasteiger partial charge < -0.3 is 4.74 Å². The molecule has 5 rings (SSSR count). The van der Waals surface area contributed by atoms with E-state index in [1.54, 1.807) is 73.8 Å². The molecule has 0 N–H and O–H groups in total. The topological polar surface area (TPSA) is 115 Å². The van der Waals surface area contributed by atoms with Crippen LogP contribution in [0.15, 0.2) is 90.0 Å². The Kier molecular flexibility index (Phi) is 7.03. The summed E-state index contributed by atoms with van der Waals surface area (Å²) in [6, 6.07) is 23.5. The average molecular weight is 543 g/mol. The van der Waals surface area contributed by atoms with Crippen molar-refractivity contribution in [3.8, 4) is 5.75 Å². The van der Waals surface area contributed by atoms with Gasteiger partial charge in [-0.1, -0.05) is 65.1 Å². The van der Waals surface area contributed by atoms with Crippen LogP contribution in [0.1, 0.15) is 31.2 Å². The molecule has 3 aromatic carbocycles. The van der Waals surface area contributed by atoms with E-state index < -0.39 is 10.8 Å². The molecule has 0 radical (unpaired) electrons. The number of anilines is 1. The summed E-state index contributed by atoms with van der Waals surface area (Å²) in [6.07, 6.45) is 1.38. The van der Waals surface area contributed by atoms with E-state index in [0.29, 0.717) is 38.0 Å². The van der Waals surface area contributed by atoms with Gasteiger partial charge in [-0.05, 0) is 36.4 Å². The molecule has 2 aromatic heterocycles. The molecular weight excluding hydrogens is 524 g/mol. The first-order valence-corrected chi connectivity index (χ1v) is 12.8. The molecule has 0 spiro atoms. The molecule has 0 aliphatic heterocycles. The van der Waals surface area contributed by atoms with Gasteiger partial charge in [0, 0.05) is 22.8 Å². The Morgan fingerprint density at radius 1 is 0.947 bits per heavy atom. The van der Waals surface area contributed by atoms with E-state index in [0.717, 1.165) is 21.0 Å². The number of carbonyl (C=O) groups excluding carboxylic acids is 2. The second-order valence-corrected chi connectivity index (χ2v) is 10.0. The van der Waals surface area contributed by atoms with Crippen molar-refractivity contribution in [1.29, 1.82) is 0 Å². The third kappa shape index (κ3) is 5.19. The Balaban J connectivity index is 1.48. The number of hydrazone groups is 1. The molecular formula is C27H18N4O5S2. The quantitative estimate of drug-likeness (QED) is 0.1000. The number of carbonyl (C=O) groups is 2. The fourth-order valence-electron chi connectivity index (χ4n) is 3.57. The van der Waals surface area contributed by atoms with Crippen molar-refractivity contribution >= 4 is 60.9 Å². The van der Waals surface area contributed by atoms with E-state index in [9.17, 15) is 19.7 Å². The van der Waals surface area contributed by atoms with Gasteiger partial charge in [0.25, 0.3) is 5.91 Å². The Hall–Kier alpha value is -4.74. The lowest BCUT2D eigenvalue weighted by Crippen LogP contribution is -2.25. The van der Waals surface area contributed by atoms with E-state index in [-0.39, 0.29) is 10.8 Å². The number of methoxy groups -OCH3 is 1. The molecule has 0 fully saturated rings. The smallest absolute Gasteiger partial charge is 0.324 e. The first kappa shape index (κ1) is 24.9. The van der Waals surface area contributed by atoms with Crippen LogP contribution in [0.25, 0.3) is 10.2 Å². The van der Waals surface area contributed by atoms with Crippen molar-refractivity contribution < 1.29 is 19.2 Å². The summed E-state index contributed by atoms with van der Waals surface area (Å²) in [4.78, 5) is 42.0. The number of thiazole rings is 1. The first-order valence-electron chi connectivity index (χ1n) is 11.2. The highest BCUT2D eigenvalue weighted by molar-refractivity contribution is 7.22. The van der Waals surface area contributed by atoms with Crippen LogP contribution in [0.2, 0.25) is 0 Å². The molecule has 188 valence electrons. The summed E-state index contributed by atoms with van der Waals surface area (Å²) >= 11 is 2.19. The maximum atomic E-state index is 13.6. The predicted octanol–water partition coefficient (Wildman–Crippen LogP) is 6.19. The minimum Gasteiger partial charge on any atom is -0.497 e. The zero-order valence-corrected chi connectivity index (χ0v) is 21.4. The van der Waals surface area contributed by atoms with Crippen molar-refractivity contribution in [2.24, 2.45) is 5.10 Å². The maximum Gasteiger partial charge on any atom is 0.324 e. The van der Waals surface area contributed by atoms with Gasteiger partial charge >= 0.3 is 5.00 Å². The fraction of sp³-hybridized carbons (Fsp3) is 0.0370. The first-order chi connectivity index (χ1) is 18.4. The van der Waals surface area contributed by atoms with E-state index in [1.807, 2.05) is 12.1 Å². The van der Waals surface area contributed by atoms with Crippen molar-refractivity contribution in [1.82, 2.24) is 4.98 Å². The van der Waals surface area contributed by atoms with Crippen LogP contribution in [0, 0.1) is 10.1 Å². The molecule has 11 heteroatoms. The summed E-state index contributed by atoms with van der Waals surface area (Å²) in [7, 11) is 1.57. The number of hydrogen-bond acceptors (Lipinski definition) is 9. The molecule has 0 saturated heterocycles. The molecule has 5 aromatic rings. The third-order valence-electron chi connectivity index (χ3n) is 5.48. The van der Waals surface area contributed by atoms with Gasteiger partial charge in [-0.15, -0.1) is 0 Å². The lowest BCUT2D eigenvalue weighted by Gasteiger charge is -2.14. The SMILES string of the molecule is COc1ccc2nc(N(/N=C/c3ccc([N+](=O)[O-])s3)C(=O)c3ccc(C(=O)c4ccccc4)cc3)sc2c1. The number of ether oxygens (including phenoxy) is 1. The predicted molar refractivity (Wildman–Crippen MR) is 148 cm³/mol. The number of thiophene rings is 1. The van der Waals surface area contributed by atoms with Gasteiger partial charge in [-0.25, -0.2) is 4.98 Å². The van der Waals surface area contributed by atoms with E-state index in [2.05, 4.69) is 10.1 Å². The highest BCUT2D eigenvalue weighted by Crippen LogP contribution is 2.33. The van der Waals surface area contributed by atoms with Crippen molar-refractivity contribution in [2.45, 2.75) is 0 Å². The number of fused-ring (bicyclic) bond motifs is 1. The van der Waals surface area contributed by atoms with E-state index >= 15 is 0 Å². The molecule has 0 saturated carbocycles.